The zero-order valence-corrected chi connectivity index (χ0v) is 13.1. The molecule has 1 aromatic rings. The highest BCUT2D eigenvalue weighted by atomic mass is 19.1. The molecule has 0 heterocycles. The second-order valence-electron chi connectivity index (χ2n) is 5.96. The first-order valence-electron chi connectivity index (χ1n) is 7.09. The Morgan fingerprint density at radius 2 is 2.14 bits per heavy atom. The summed E-state index contributed by atoms with van der Waals surface area (Å²) in [4.78, 5) is 12.0. The van der Waals surface area contributed by atoms with Gasteiger partial charge in [0.25, 0.3) is 5.91 Å². The van der Waals surface area contributed by atoms with Crippen LogP contribution in [0.25, 0.3) is 0 Å². The van der Waals surface area contributed by atoms with Gasteiger partial charge in [-0.3, -0.25) is 4.79 Å². The highest BCUT2D eigenvalue weighted by Gasteiger charge is 2.22. The van der Waals surface area contributed by atoms with Crippen molar-refractivity contribution < 1.29 is 19.0 Å². The molecule has 0 bridgehead atoms. The first-order valence-corrected chi connectivity index (χ1v) is 7.09. The number of aliphatic hydroxyl groups is 1. The molecule has 118 valence electrons. The fourth-order valence-electron chi connectivity index (χ4n) is 1.87. The van der Waals surface area contributed by atoms with Gasteiger partial charge in [-0.15, -0.1) is 0 Å². The van der Waals surface area contributed by atoms with Crippen molar-refractivity contribution in [2.45, 2.75) is 39.2 Å². The van der Waals surface area contributed by atoms with E-state index in [1.165, 1.54) is 19.2 Å². The highest BCUT2D eigenvalue weighted by molar-refractivity contribution is 5.94. The van der Waals surface area contributed by atoms with E-state index in [4.69, 9.17) is 4.74 Å². The lowest BCUT2D eigenvalue weighted by molar-refractivity contribution is 0.0429. The second-order valence-corrected chi connectivity index (χ2v) is 5.96. The fourth-order valence-corrected chi connectivity index (χ4v) is 1.87. The molecule has 5 heteroatoms. The first-order chi connectivity index (χ1) is 9.75. The topological polar surface area (TPSA) is 58.6 Å². The molecule has 1 unspecified atom stereocenters. The van der Waals surface area contributed by atoms with Crippen molar-refractivity contribution in [1.82, 2.24) is 5.32 Å². The molecule has 0 aliphatic rings. The van der Waals surface area contributed by atoms with Gasteiger partial charge in [0, 0.05) is 12.1 Å². The standard InChI is InChI=1S/C16H24FNO3/c1-11(2)7-8-16(3,20)10-18-15(19)12-5-6-14(21-4)13(17)9-12/h5-6,9,11,20H,7-8,10H2,1-4H3,(H,18,19). The minimum atomic E-state index is -0.967. The number of carbonyl (C=O) groups excluding carboxylic acids is 1. The smallest absolute Gasteiger partial charge is 0.251 e. The number of halogens is 1. The minimum Gasteiger partial charge on any atom is -0.494 e. The maximum atomic E-state index is 13.5. The zero-order chi connectivity index (χ0) is 16.0. The predicted octanol–water partition coefficient (Wildman–Crippen LogP) is 2.75. The normalized spacial score (nSPS) is 13.9. The van der Waals surface area contributed by atoms with Gasteiger partial charge in [-0.25, -0.2) is 4.39 Å². The molecule has 0 aromatic heterocycles. The van der Waals surface area contributed by atoms with Crippen LogP contribution in [0.1, 0.15) is 44.0 Å². The number of hydrogen-bond acceptors (Lipinski definition) is 3. The molecule has 1 atom stereocenters. The van der Waals surface area contributed by atoms with Crippen LogP contribution in [0.2, 0.25) is 0 Å². The molecular weight excluding hydrogens is 273 g/mol. The van der Waals surface area contributed by atoms with Gasteiger partial charge in [-0.05, 0) is 43.9 Å². The Labute approximate surface area is 125 Å². The molecule has 0 saturated carbocycles. The van der Waals surface area contributed by atoms with Gasteiger partial charge in [0.15, 0.2) is 11.6 Å². The molecule has 0 radical (unpaired) electrons. The van der Waals surface area contributed by atoms with E-state index in [1.54, 1.807) is 6.92 Å². The Balaban J connectivity index is 2.59. The van der Waals surface area contributed by atoms with Crippen molar-refractivity contribution in [2.24, 2.45) is 5.92 Å². The van der Waals surface area contributed by atoms with Crippen LogP contribution < -0.4 is 10.1 Å². The van der Waals surface area contributed by atoms with Gasteiger partial charge >= 0.3 is 0 Å². The van der Waals surface area contributed by atoms with Crippen molar-refractivity contribution >= 4 is 5.91 Å². The molecule has 0 spiro atoms. The van der Waals surface area contributed by atoms with E-state index < -0.39 is 17.3 Å². The number of benzene rings is 1. The number of nitrogens with one attached hydrogen (secondary N) is 1. The van der Waals surface area contributed by atoms with Crippen molar-refractivity contribution in [2.75, 3.05) is 13.7 Å². The SMILES string of the molecule is COc1ccc(C(=O)NCC(C)(O)CCC(C)C)cc1F. The van der Waals surface area contributed by atoms with Crippen LogP contribution in [0.15, 0.2) is 18.2 Å². The molecule has 1 amide bonds. The molecule has 2 N–H and O–H groups in total. The fraction of sp³-hybridized carbons (Fsp3) is 0.562. The Hall–Kier alpha value is -1.62. The van der Waals surface area contributed by atoms with Gasteiger partial charge < -0.3 is 15.2 Å². The molecule has 4 nitrogen and oxygen atoms in total. The van der Waals surface area contributed by atoms with Crippen LogP contribution in [0.3, 0.4) is 0 Å². The summed E-state index contributed by atoms with van der Waals surface area (Å²) < 4.78 is 18.3. The number of amides is 1. The van der Waals surface area contributed by atoms with E-state index >= 15 is 0 Å². The third-order valence-corrected chi connectivity index (χ3v) is 3.30. The monoisotopic (exact) mass is 297 g/mol. The summed E-state index contributed by atoms with van der Waals surface area (Å²) in [5.74, 6) is -0.420. The molecule has 0 fully saturated rings. The van der Waals surface area contributed by atoms with Crippen LogP contribution in [0.5, 0.6) is 5.75 Å². The van der Waals surface area contributed by atoms with Crippen LogP contribution >= 0.6 is 0 Å². The van der Waals surface area contributed by atoms with Crippen molar-refractivity contribution in [3.05, 3.63) is 29.6 Å². The molecular formula is C16H24FNO3. The van der Waals surface area contributed by atoms with Crippen molar-refractivity contribution in [3.63, 3.8) is 0 Å². The Morgan fingerprint density at radius 3 is 2.67 bits per heavy atom. The average Bonchev–Trinajstić information content (AvgIpc) is 2.42. The molecule has 0 aliphatic heterocycles. The van der Waals surface area contributed by atoms with Crippen LogP contribution in [0.4, 0.5) is 4.39 Å². The van der Waals surface area contributed by atoms with Gasteiger partial charge in [0.1, 0.15) is 0 Å². The summed E-state index contributed by atoms with van der Waals surface area (Å²) >= 11 is 0. The third-order valence-electron chi connectivity index (χ3n) is 3.30. The maximum absolute atomic E-state index is 13.5. The van der Waals surface area contributed by atoms with E-state index in [0.29, 0.717) is 12.3 Å². The van der Waals surface area contributed by atoms with E-state index in [1.807, 2.05) is 0 Å². The number of ether oxygens (including phenoxy) is 1. The van der Waals surface area contributed by atoms with Crippen LogP contribution in [0, 0.1) is 11.7 Å². The van der Waals surface area contributed by atoms with Crippen LogP contribution in [-0.2, 0) is 0 Å². The van der Waals surface area contributed by atoms with Gasteiger partial charge in [0.05, 0.1) is 12.7 Å². The first kappa shape index (κ1) is 17.4. The largest absolute Gasteiger partial charge is 0.494 e. The minimum absolute atomic E-state index is 0.0930. The van der Waals surface area contributed by atoms with Gasteiger partial charge in [0.2, 0.25) is 0 Å². The summed E-state index contributed by atoms with van der Waals surface area (Å²) in [7, 11) is 1.37. The Kier molecular flexibility index (Phi) is 6.15. The molecule has 0 saturated heterocycles. The average molecular weight is 297 g/mol. The summed E-state index contributed by atoms with van der Waals surface area (Å²) in [5, 5.41) is 12.8. The molecule has 0 aliphatic carbocycles. The quantitative estimate of drug-likeness (QED) is 0.813. The van der Waals surface area contributed by atoms with Crippen molar-refractivity contribution in [1.29, 1.82) is 0 Å². The molecule has 1 rings (SSSR count). The Bertz CT molecular complexity index is 486. The number of rotatable bonds is 7. The second kappa shape index (κ2) is 7.41. The summed E-state index contributed by atoms with van der Waals surface area (Å²) in [5.41, 5.74) is -0.766. The van der Waals surface area contributed by atoms with Crippen molar-refractivity contribution in [3.8, 4) is 5.75 Å². The van der Waals surface area contributed by atoms with Gasteiger partial charge in [-0.2, -0.15) is 0 Å². The third kappa shape index (κ3) is 5.71. The summed E-state index contributed by atoms with van der Waals surface area (Å²) in [6, 6.07) is 4.01. The van der Waals surface area contributed by atoms with E-state index in [9.17, 15) is 14.3 Å². The summed E-state index contributed by atoms with van der Waals surface area (Å²) in [6.45, 7) is 5.97. The van der Waals surface area contributed by atoms with Crippen LogP contribution in [-0.4, -0.2) is 30.3 Å². The molecule has 21 heavy (non-hydrogen) atoms. The lowest BCUT2D eigenvalue weighted by atomic mass is 9.95. The zero-order valence-electron chi connectivity index (χ0n) is 13.1. The van der Waals surface area contributed by atoms with Gasteiger partial charge in [-0.1, -0.05) is 13.8 Å². The maximum Gasteiger partial charge on any atom is 0.251 e. The predicted molar refractivity (Wildman–Crippen MR) is 80.0 cm³/mol. The lowest BCUT2D eigenvalue weighted by Gasteiger charge is -2.24. The van der Waals surface area contributed by atoms with E-state index in [-0.39, 0.29) is 17.9 Å². The van der Waals surface area contributed by atoms with E-state index in [2.05, 4.69) is 19.2 Å². The highest BCUT2D eigenvalue weighted by Crippen LogP contribution is 2.18. The van der Waals surface area contributed by atoms with E-state index in [0.717, 1.165) is 12.5 Å². The number of methoxy groups -OCH3 is 1. The lowest BCUT2D eigenvalue weighted by Crippen LogP contribution is -2.40. The summed E-state index contributed by atoms with van der Waals surface area (Å²) in [6.07, 6.45) is 1.47. The number of carbonyl (C=O) groups is 1. The number of hydrogen-bond donors (Lipinski definition) is 2. The molecule has 1 aromatic carbocycles. The Morgan fingerprint density at radius 1 is 1.48 bits per heavy atom.